The third kappa shape index (κ3) is 4.19. The molecule has 0 saturated heterocycles. The van der Waals surface area contributed by atoms with E-state index in [9.17, 15) is 4.79 Å². The highest BCUT2D eigenvalue weighted by atomic mass is 32.1. The normalized spacial score (nSPS) is 15.9. The lowest BCUT2D eigenvalue weighted by molar-refractivity contribution is 0.112. The van der Waals surface area contributed by atoms with Crippen LogP contribution in [-0.2, 0) is 0 Å². The van der Waals surface area contributed by atoms with Crippen molar-refractivity contribution in [2.75, 3.05) is 0 Å². The second kappa shape index (κ2) is 9.06. The largest absolute Gasteiger partial charge is 0.298 e. The predicted octanol–water partition coefficient (Wildman–Crippen LogP) is 8.97. The van der Waals surface area contributed by atoms with E-state index in [1.165, 1.54) is 69.3 Å². The topological polar surface area (TPSA) is 17.1 Å². The van der Waals surface area contributed by atoms with Gasteiger partial charge >= 0.3 is 0 Å². The Labute approximate surface area is 180 Å². The van der Waals surface area contributed by atoms with Crippen molar-refractivity contribution in [3.63, 3.8) is 0 Å². The number of unbranched alkanes of at least 4 members (excludes halogenated alkanes) is 1. The summed E-state index contributed by atoms with van der Waals surface area (Å²) in [7, 11) is 0. The summed E-state index contributed by atoms with van der Waals surface area (Å²) in [6.07, 6.45) is 10.2. The number of thiophene rings is 3. The molecule has 1 unspecified atom stereocenters. The van der Waals surface area contributed by atoms with E-state index in [1.807, 2.05) is 22.7 Å². The Hall–Kier alpha value is -1.23. The summed E-state index contributed by atoms with van der Waals surface area (Å²) in [5, 5.41) is 0. The van der Waals surface area contributed by atoms with Crippen molar-refractivity contribution < 1.29 is 4.79 Å². The Balaban J connectivity index is 1.58. The maximum absolute atomic E-state index is 11.8. The third-order valence-electron chi connectivity index (χ3n) is 5.84. The molecule has 0 radical (unpaired) electrons. The standard InChI is InChI=1S/C24H28OS3/c1-3-4-7-16(2)19-10-13-22(26-19)24-18(15-25)14-23(28-24)21-12-11-20(27-21)17-8-5-6-9-17/h10-17H,3-9H2,1-2H3. The maximum atomic E-state index is 11.8. The Bertz CT molecular complexity index is 923. The lowest BCUT2D eigenvalue weighted by Gasteiger charge is -2.07. The number of aldehydes is 1. The molecule has 4 heteroatoms. The van der Waals surface area contributed by atoms with Gasteiger partial charge in [-0.3, -0.25) is 4.79 Å². The molecular formula is C24H28OS3. The number of rotatable bonds is 8. The molecular weight excluding hydrogens is 400 g/mol. The minimum atomic E-state index is 0.601. The lowest BCUT2D eigenvalue weighted by atomic mass is 10.0. The van der Waals surface area contributed by atoms with Crippen molar-refractivity contribution in [2.45, 2.75) is 70.6 Å². The van der Waals surface area contributed by atoms with E-state index >= 15 is 0 Å². The summed E-state index contributed by atoms with van der Waals surface area (Å²) < 4.78 is 0. The van der Waals surface area contributed by atoms with Gasteiger partial charge in [0.25, 0.3) is 0 Å². The molecule has 1 fully saturated rings. The van der Waals surface area contributed by atoms with Crippen LogP contribution in [0.2, 0.25) is 0 Å². The molecule has 1 saturated carbocycles. The zero-order valence-electron chi connectivity index (χ0n) is 16.7. The smallest absolute Gasteiger partial charge is 0.151 e. The van der Waals surface area contributed by atoms with Crippen LogP contribution in [0.5, 0.6) is 0 Å². The Morgan fingerprint density at radius 3 is 2.57 bits per heavy atom. The first-order valence-corrected chi connectivity index (χ1v) is 12.9. The summed E-state index contributed by atoms with van der Waals surface area (Å²) in [5.41, 5.74) is 0.838. The molecule has 4 rings (SSSR count). The van der Waals surface area contributed by atoms with E-state index in [1.54, 1.807) is 11.3 Å². The molecule has 3 aromatic heterocycles. The van der Waals surface area contributed by atoms with Crippen LogP contribution in [0.1, 0.15) is 90.7 Å². The van der Waals surface area contributed by atoms with Crippen LogP contribution < -0.4 is 0 Å². The highest BCUT2D eigenvalue weighted by Gasteiger charge is 2.21. The van der Waals surface area contributed by atoms with Crippen LogP contribution in [0.4, 0.5) is 0 Å². The van der Waals surface area contributed by atoms with E-state index in [0.717, 1.165) is 22.6 Å². The molecule has 0 aromatic carbocycles. The fourth-order valence-corrected chi connectivity index (χ4v) is 7.73. The van der Waals surface area contributed by atoms with E-state index in [4.69, 9.17) is 0 Å². The number of hydrogen-bond acceptors (Lipinski definition) is 4. The van der Waals surface area contributed by atoms with E-state index in [-0.39, 0.29) is 0 Å². The van der Waals surface area contributed by atoms with Crippen molar-refractivity contribution in [1.82, 2.24) is 0 Å². The van der Waals surface area contributed by atoms with Crippen molar-refractivity contribution in [1.29, 1.82) is 0 Å². The molecule has 0 spiro atoms. The lowest BCUT2D eigenvalue weighted by Crippen LogP contribution is -1.88. The first-order chi connectivity index (χ1) is 13.7. The van der Waals surface area contributed by atoms with Gasteiger partial charge in [-0.25, -0.2) is 0 Å². The molecule has 3 aromatic rings. The van der Waals surface area contributed by atoms with Gasteiger partial charge in [-0.2, -0.15) is 0 Å². The van der Waals surface area contributed by atoms with Crippen LogP contribution in [0.15, 0.2) is 30.3 Å². The molecule has 1 atom stereocenters. The summed E-state index contributed by atoms with van der Waals surface area (Å²) in [5.74, 6) is 1.36. The van der Waals surface area contributed by atoms with Crippen molar-refractivity contribution in [3.8, 4) is 19.5 Å². The summed E-state index contributed by atoms with van der Waals surface area (Å²) in [6.45, 7) is 4.57. The number of carbonyl (C=O) groups excluding carboxylic acids is 1. The molecule has 0 N–H and O–H groups in total. The summed E-state index contributed by atoms with van der Waals surface area (Å²) in [6, 6.07) is 11.1. The minimum Gasteiger partial charge on any atom is -0.298 e. The molecule has 0 bridgehead atoms. The Morgan fingerprint density at radius 2 is 1.82 bits per heavy atom. The molecule has 1 nitrogen and oxygen atoms in total. The first-order valence-electron chi connectivity index (χ1n) is 10.5. The predicted molar refractivity (Wildman–Crippen MR) is 125 cm³/mol. The van der Waals surface area contributed by atoms with Crippen molar-refractivity contribution >= 4 is 40.3 Å². The van der Waals surface area contributed by atoms with Crippen molar-refractivity contribution in [3.05, 3.63) is 45.6 Å². The monoisotopic (exact) mass is 428 g/mol. The quantitative estimate of drug-likeness (QED) is 0.327. The zero-order valence-corrected chi connectivity index (χ0v) is 19.2. The average Bonchev–Trinajstić information content (AvgIpc) is 3.48. The highest BCUT2D eigenvalue weighted by Crippen LogP contribution is 2.45. The van der Waals surface area contributed by atoms with Gasteiger partial charge in [-0.1, -0.05) is 39.5 Å². The van der Waals surface area contributed by atoms with E-state index in [2.05, 4.69) is 44.2 Å². The van der Waals surface area contributed by atoms with Gasteiger partial charge in [-0.15, -0.1) is 34.0 Å². The average molecular weight is 429 g/mol. The molecule has 0 amide bonds. The van der Waals surface area contributed by atoms with Crippen LogP contribution in [0.25, 0.3) is 19.5 Å². The second-order valence-corrected chi connectivity index (χ2v) is 11.2. The zero-order chi connectivity index (χ0) is 19.5. The van der Waals surface area contributed by atoms with Crippen molar-refractivity contribution in [2.24, 2.45) is 0 Å². The molecule has 1 aliphatic carbocycles. The van der Waals surface area contributed by atoms with Gasteiger partial charge in [-0.05, 0) is 61.4 Å². The molecule has 1 aliphatic rings. The van der Waals surface area contributed by atoms with Crippen LogP contribution in [-0.4, -0.2) is 6.29 Å². The SMILES string of the molecule is CCCCC(C)c1ccc(-c2sc(-c3ccc(C4CCCC4)s3)cc2C=O)s1. The summed E-state index contributed by atoms with van der Waals surface area (Å²) >= 11 is 5.57. The fourth-order valence-electron chi connectivity index (χ4n) is 4.11. The Kier molecular flexibility index (Phi) is 6.49. The first kappa shape index (κ1) is 20.1. The Morgan fingerprint density at radius 1 is 1.04 bits per heavy atom. The third-order valence-corrected chi connectivity index (χ3v) is 9.93. The van der Waals surface area contributed by atoms with Gasteiger partial charge in [0.2, 0.25) is 0 Å². The fraction of sp³-hybridized carbons (Fsp3) is 0.458. The molecule has 0 aliphatic heterocycles. The highest BCUT2D eigenvalue weighted by molar-refractivity contribution is 7.26. The minimum absolute atomic E-state index is 0.601. The van der Waals surface area contributed by atoms with Gasteiger partial charge in [0.15, 0.2) is 6.29 Å². The van der Waals surface area contributed by atoms with Crippen LogP contribution >= 0.6 is 34.0 Å². The van der Waals surface area contributed by atoms with E-state index < -0.39 is 0 Å². The molecule has 148 valence electrons. The molecule has 28 heavy (non-hydrogen) atoms. The van der Waals surface area contributed by atoms with Gasteiger partial charge in [0, 0.05) is 29.9 Å². The van der Waals surface area contributed by atoms with Gasteiger partial charge < -0.3 is 0 Å². The van der Waals surface area contributed by atoms with Crippen LogP contribution in [0, 0.1) is 0 Å². The number of carbonyl (C=O) groups is 1. The molecule has 3 heterocycles. The van der Waals surface area contributed by atoms with E-state index in [0.29, 0.717) is 5.92 Å². The number of hydrogen-bond donors (Lipinski definition) is 0. The van der Waals surface area contributed by atoms with Gasteiger partial charge in [0.05, 0.1) is 4.88 Å². The maximum Gasteiger partial charge on any atom is 0.151 e. The van der Waals surface area contributed by atoms with Gasteiger partial charge in [0.1, 0.15) is 0 Å². The second-order valence-electron chi connectivity index (χ2n) is 7.94. The van der Waals surface area contributed by atoms with Crippen LogP contribution in [0.3, 0.4) is 0 Å². The summed E-state index contributed by atoms with van der Waals surface area (Å²) in [4.78, 5) is 19.7.